The first-order valence-electron chi connectivity index (χ1n) is 11.1. The molecule has 0 unspecified atom stereocenters. The Labute approximate surface area is 188 Å². The van der Waals surface area contributed by atoms with Crippen molar-refractivity contribution in [2.45, 2.75) is 34.2 Å². The molecule has 0 atom stereocenters. The number of rotatable bonds is 8. The van der Waals surface area contributed by atoms with Crippen molar-refractivity contribution in [3.05, 3.63) is 71.3 Å². The highest BCUT2D eigenvalue weighted by atomic mass is 16.5. The maximum Gasteiger partial charge on any atom is 0.350 e. The lowest BCUT2D eigenvalue weighted by molar-refractivity contribution is 0.340. The summed E-state index contributed by atoms with van der Waals surface area (Å²) in [6.07, 6.45) is 1.81. The molecule has 0 bridgehead atoms. The highest BCUT2D eigenvalue weighted by Gasteiger charge is 2.18. The van der Waals surface area contributed by atoms with Crippen LogP contribution in [0.4, 0.5) is 0 Å². The minimum atomic E-state index is -0.126. The smallest absolute Gasteiger partial charge is 0.350 e. The first-order valence-corrected chi connectivity index (χ1v) is 11.1. The van der Waals surface area contributed by atoms with E-state index in [9.17, 15) is 4.79 Å². The van der Waals surface area contributed by atoms with Gasteiger partial charge in [0.1, 0.15) is 11.5 Å². The van der Waals surface area contributed by atoms with Gasteiger partial charge in [-0.3, -0.25) is 0 Å². The molecule has 0 fully saturated rings. The molecule has 2 aromatic heterocycles. The molecule has 0 aliphatic rings. The Hall–Kier alpha value is -3.54. The van der Waals surface area contributed by atoms with Crippen molar-refractivity contribution in [1.29, 1.82) is 0 Å². The summed E-state index contributed by atoms with van der Waals surface area (Å²) in [6.45, 7) is 9.90. The molecule has 0 N–H and O–H groups in total. The third kappa shape index (κ3) is 4.26. The van der Waals surface area contributed by atoms with Gasteiger partial charge >= 0.3 is 5.69 Å². The van der Waals surface area contributed by atoms with Crippen molar-refractivity contribution in [1.82, 2.24) is 14.2 Å². The summed E-state index contributed by atoms with van der Waals surface area (Å²) in [7, 11) is 0. The predicted molar refractivity (Wildman–Crippen MR) is 128 cm³/mol. The lowest BCUT2D eigenvalue weighted by atomic mass is 9.95. The van der Waals surface area contributed by atoms with Crippen molar-refractivity contribution in [2.24, 2.45) is 5.92 Å². The Morgan fingerprint density at radius 3 is 1.94 bits per heavy atom. The summed E-state index contributed by atoms with van der Waals surface area (Å²) in [5.41, 5.74) is 4.45. The van der Waals surface area contributed by atoms with Gasteiger partial charge in [0.05, 0.1) is 13.2 Å². The monoisotopic (exact) mass is 431 g/mol. The highest BCUT2D eigenvalue weighted by molar-refractivity contribution is 5.91. The van der Waals surface area contributed by atoms with Gasteiger partial charge in [0.25, 0.3) is 0 Å². The normalized spacial score (nSPS) is 11.3. The molecule has 0 spiro atoms. The van der Waals surface area contributed by atoms with Crippen LogP contribution in [0.15, 0.2) is 65.6 Å². The average Bonchev–Trinajstić information content (AvgIpc) is 3.09. The summed E-state index contributed by atoms with van der Waals surface area (Å²) < 4.78 is 14.4. The number of nitrogens with zero attached hydrogens (tertiary/aromatic N) is 3. The molecular weight excluding hydrogens is 402 g/mol. The van der Waals surface area contributed by atoms with Crippen LogP contribution in [-0.4, -0.2) is 27.4 Å². The van der Waals surface area contributed by atoms with Crippen molar-refractivity contribution in [3.8, 4) is 33.8 Å². The predicted octanol–water partition coefficient (Wildman–Crippen LogP) is 5.28. The number of pyridine rings is 1. The fraction of sp³-hybridized carbons (Fsp3) is 0.308. The van der Waals surface area contributed by atoms with E-state index >= 15 is 0 Å². The van der Waals surface area contributed by atoms with Crippen LogP contribution in [0, 0.1) is 5.92 Å². The summed E-state index contributed by atoms with van der Waals surface area (Å²) >= 11 is 0. The van der Waals surface area contributed by atoms with Crippen LogP contribution < -0.4 is 15.2 Å². The Morgan fingerprint density at radius 2 is 1.41 bits per heavy atom. The van der Waals surface area contributed by atoms with Crippen LogP contribution in [0.5, 0.6) is 11.5 Å². The standard InChI is InChI=1S/C26H29N3O3/c1-5-31-21-11-7-19(8-12-21)23-15-16-28-25(27-29(26(28)30)17-18(3)4)24(23)20-9-13-22(14-10-20)32-6-2/h7-16,18H,5-6,17H2,1-4H3. The summed E-state index contributed by atoms with van der Waals surface area (Å²) in [6, 6.07) is 17.9. The summed E-state index contributed by atoms with van der Waals surface area (Å²) in [4.78, 5) is 13.0. The van der Waals surface area contributed by atoms with Gasteiger partial charge in [-0.25, -0.2) is 13.9 Å². The van der Waals surface area contributed by atoms with E-state index in [4.69, 9.17) is 14.6 Å². The van der Waals surface area contributed by atoms with Crippen molar-refractivity contribution >= 4 is 5.65 Å². The van der Waals surface area contributed by atoms with Crippen LogP contribution in [0.1, 0.15) is 27.7 Å². The van der Waals surface area contributed by atoms with Gasteiger partial charge in [-0.2, -0.15) is 0 Å². The maximum atomic E-state index is 13.0. The molecule has 0 amide bonds. The van der Waals surface area contributed by atoms with Gasteiger partial charge in [0.2, 0.25) is 0 Å². The number of ether oxygens (including phenoxy) is 2. The molecule has 0 saturated carbocycles. The second-order valence-corrected chi connectivity index (χ2v) is 8.07. The van der Waals surface area contributed by atoms with E-state index in [-0.39, 0.29) is 5.69 Å². The van der Waals surface area contributed by atoms with Gasteiger partial charge in [-0.15, -0.1) is 5.10 Å². The zero-order valence-electron chi connectivity index (χ0n) is 19.0. The zero-order valence-corrected chi connectivity index (χ0v) is 19.0. The van der Waals surface area contributed by atoms with E-state index in [0.717, 1.165) is 33.8 Å². The van der Waals surface area contributed by atoms with E-state index in [0.29, 0.717) is 31.3 Å². The fourth-order valence-electron chi connectivity index (χ4n) is 3.85. The van der Waals surface area contributed by atoms with Crippen LogP contribution in [0.2, 0.25) is 0 Å². The van der Waals surface area contributed by atoms with Crippen molar-refractivity contribution in [2.75, 3.05) is 13.2 Å². The maximum absolute atomic E-state index is 13.0. The molecule has 6 nitrogen and oxygen atoms in total. The zero-order chi connectivity index (χ0) is 22.7. The van der Waals surface area contributed by atoms with E-state index in [1.54, 1.807) is 9.08 Å². The first kappa shape index (κ1) is 21.7. The molecule has 0 aliphatic carbocycles. The number of hydrogen-bond donors (Lipinski definition) is 0. The SMILES string of the molecule is CCOc1ccc(-c2ccn3c(=O)n(CC(C)C)nc3c2-c2ccc(OCC)cc2)cc1. The van der Waals surface area contributed by atoms with Crippen molar-refractivity contribution < 1.29 is 9.47 Å². The highest BCUT2D eigenvalue weighted by Crippen LogP contribution is 2.36. The molecule has 6 heteroatoms. The Bertz CT molecular complexity index is 1250. The Balaban J connectivity index is 1.92. The second kappa shape index (κ2) is 9.30. The Morgan fingerprint density at radius 1 is 0.844 bits per heavy atom. The minimum absolute atomic E-state index is 0.126. The number of hydrogen-bond acceptors (Lipinski definition) is 4. The molecule has 2 heterocycles. The minimum Gasteiger partial charge on any atom is -0.494 e. The van der Waals surface area contributed by atoms with Crippen LogP contribution in [0.3, 0.4) is 0 Å². The Kier molecular flexibility index (Phi) is 6.30. The third-order valence-corrected chi connectivity index (χ3v) is 5.22. The second-order valence-electron chi connectivity index (χ2n) is 8.07. The van der Waals surface area contributed by atoms with Crippen LogP contribution >= 0.6 is 0 Å². The molecule has 32 heavy (non-hydrogen) atoms. The van der Waals surface area contributed by atoms with E-state index in [1.807, 2.05) is 74.6 Å². The number of fused-ring (bicyclic) bond motifs is 1. The van der Waals surface area contributed by atoms with Crippen LogP contribution in [-0.2, 0) is 6.54 Å². The molecule has 0 aliphatic heterocycles. The fourth-order valence-corrected chi connectivity index (χ4v) is 3.85. The van der Waals surface area contributed by atoms with Gasteiger partial charge in [-0.05, 0) is 66.8 Å². The molecule has 0 radical (unpaired) electrons. The topological polar surface area (TPSA) is 57.8 Å². The van der Waals surface area contributed by atoms with Crippen molar-refractivity contribution in [3.63, 3.8) is 0 Å². The van der Waals surface area contributed by atoms with Gasteiger partial charge in [0.15, 0.2) is 5.65 Å². The molecule has 2 aromatic carbocycles. The lowest BCUT2D eigenvalue weighted by Crippen LogP contribution is -2.23. The van der Waals surface area contributed by atoms with E-state index in [2.05, 4.69) is 13.8 Å². The molecular formula is C26H29N3O3. The molecule has 4 aromatic rings. The first-order chi connectivity index (χ1) is 15.5. The third-order valence-electron chi connectivity index (χ3n) is 5.22. The quantitative estimate of drug-likeness (QED) is 0.381. The number of aromatic nitrogens is 3. The van der Waals surface area contributed by atoms with Gasteiger partial charge in [0, 0.05) is 18.3 Å². The van der Waals surface area contributed by atoms with Gasteiger partial charge < -0.3 is 9.47 Å². The summed E-state index contributed by atoms with van der Waals surface area (Å²) in [5.74, 6) is 1.96. The van der Waals surface area contributed by atoms with E-state index in [1.165, 1.54) is 0 Å². The molecule has 166 valence electrons. The lowest BCUT2D eigenvalue weighted by Gasteiger charge is -2.13. The van der Waals surface area contributed by atoms with Gasteiger partial charge in [-0.1, -0.05) is 38.1 Å². The average molecular weight is 432 g/mol. The molecule has 4 rings (SSSR count). The van der Waals surface area contributed by atoms with Crippen LogP contribution in [0.25, 0.3) is 27.9 Å². The summed E-state index contributed by atoms with van der Waals surface area (Å²) in [5, 5.41) is 4.73. The largest absolute Gasteiger partial charge is 0.494 e. The van der Waals surface area contributed by atoms with E-state index < -0.39 is 0 Å². The molecule has 0 saturated heterocycles. The number of benzene rings is 2.